The maximum absolute atomic E-state index is 11.6. The second-order valence-corrected chi connectivity index (χ2v) is 3.90. The number of carbonyl (C=O) groups is 3. The molecular formula is C10H12N2O3. The first-order valence-corrected chi connectivity index (χ1v) is 4.79. The van der Waals surface area contributed by atoms with Crippen LogP contribution in [0.5, 0.6) is 0 Å². The molecule has 0 N–H and O–H groups in total. The largest absolute Gasteiger partial charge is 0.338 e. The van der Waals surface area contributed by atoms with E-state index in [0.29, 0.717) is 13.1 Å². The van der Waals surface area contributed by atoms with Gasteiger partial charge < -0.3 is 4.90 Å². The Hall–Kier alpha value is -1.65. The average molecular weight is 208 g/mol. The zero-order chi connectivity index (χ0) is 11.2. The van der Waals surface area contributed by atoms with Gasteiger partial charge in [0.1, 0.15) is 0 Å². The first-order chi connectivity index (χ1) is 7.06. The fourth-order valence-corrected chi connectivity index (χ4v) is 2.22. The highest BCUT2D eigenvalue weighted by molar-refractivity contribution is 6.06. The monoisotopic (exact) mass is 208 g/mol. The summed E-state index contributed by atoms with van der Waals surface area (Å²) in [6, 6.07) is 0. The van der Waals surface area contributed by atoms with Crippen molar-refractivity contribution in [3.8, 4) is 0 Å². The van der Waals surface area contributed by atoms with Crippen LogP contribution < -0.4 is 0 Å². The lowest BCUT2D eigenvalue weighted by Crippen LogP contribution is -2.35. The van der Waals surface area contributed by atoms with Crippen LogP contribution in [0.3, 0.4) is 0 Å². The van der Waals surface area contributed by atoms with Crippen LogP contribution in [0.25, 0.3) is 0 Å². The zero-order valence-electron chi connectivity index (χ0n) is 8.47. The molecule has 0 aliphatic carbocycles. The van der Waals surface area contributed by atoms with Crippen molar-refractivity contribution in [1.82, 2.24) is 9.80 Å². The van der Waals surface area contributed by atoms with Crippen LogP contribution in [0, 0.1) is 11.8 Å². The Morgan fingerprint density at radius 3 is 2.20 bits per heavy atom. The Kier molecular flexibility index (Phi) is 2.10. The molecule has 5 nitrogen and oxygen atoms in total. The fraction of sp³-hybridized carbons (Fsp3) is 0.500. The molecule has 0 aromatic heterocycles. The molecule has 2 saturated heterocycles. The van der Waals surface area contributed by atoms with Crippen molar-refractivity contribution in [2.24, 2.45) is 11.8 Å². The summed E-state index contributed by atoms with van der Waals surface area (Å²) < 4.78 is 0. The molecule has 2 rings (SSSR count). The lowest BCUT2D eigenvalue weighted by atomic mass is 10.00. The van der Waals surface area contributed by atoms with Crippen molar-refractivity contribution < 1.29 is 14.4 Å². The van der Waals surface area contributed by atoms with Gasteiger partial charge in [-0.25, -0.2) is 0 Å². The second kappa shape index (κ2) is 3.18. The quantitative estimate of drug-likeness (QED) is 0.420. The summed E-state index contributed by atoms with van der Waals surface area (Å²) in [6.45, 7) is 4.06. The number of carbonyl (C=O) groups excluding carboxylic acids is 3. The van der Waals surface area contributed by atoms with Gasteiger partial charge in [-0.3, -0.25) is 19.3 Å². The third-order valence-electron chi connectivity index (χ3n) is 3.10. The van der Waals surface area contributed by atoms with Crippen molar-refractivity contribution in [3.63, 3.8) is 0 Å². The van der Waals surface area contributed by atoms with Crippen LogP contribution in [-0.4, -0.2) is 47.7 Å². The molecule has 2 atom stereocenters. The predicted octanol–water partition coefficient (Wildman–Crippen LogP) is -0.754. The molecule has 0 aromatic rings. The number of amides is 3. The van der Waals surface area contributed by atoms with Crippen LogP contribution in [0.15, 0.2) is 12.7 Å². The summed E-state index contributed by atoms with van der Waals surface area (Å²) in [7, 11) is 1.49. The van der Waals surface area contributed by atoms with Gasteiger partial charge >= 0.3 is 0 Å². The highest BCUT2D eigenvalue weighted by Crippen LogP contribution is 2.32. The number of nitrogens with zero attached hydrogens (tertiary/aromatic N) is 2. The Bertz CT molecular complexity index is 340. The molecule has 0 unspecified atom stereocenters. The predicted molar refractivity (Wildman–Crippen MR) is 51.5 cm³/mol. The molecule has 0 aromatic carbocycles. The molecule has 0 bridgehead atoms. The van der Waals surface area contributed by atoms with Crippen LogP contribution in [0.1, 0.15) is 0 Å². The van der Waals surface area contributed by atoms with Gasteiger partial charge in [0.2, 0.25) is 17.7 Å². The third-order valence-corrected chi connectivity index (χ3v) is 3.10. The first-order valence-electron chi connectivity index (χ1n) is 4.79. The summed E-state index contributed by atoms with van der Waals surface area (Å²) in [5, 5.41) is 0. The normalized spacial score (nSPS) is 29.7. The number of hydrogen-bond acceptors (Lipinski definition) is 3. The number of rotatable bonds is 1. The van der Waals surface area contributed by atoms with E-state index in [0.717, 1.165) is 4.90 Å². The van der Waals surface area contributed by atoms with E-state index in [4.69, 9.17) is 0 Å². The van der Waals surface area contributed by atoms with Gasteiger partial charge in [0, 0.05) is 20.1 Å². The summed E-state index contributed by atoms with van der Waals surface area (Å²) in [5.41, 5.74) is 0. The molecule has 5 heteroatoms. The maximum atomic E-state index is 11.6. The molecular weight excluding hydrogens is 196 g/mol. The molecule has 2 fully saturated rings. The van der Waals surface area contributed by atoms with E-state index in [2.05, 4.69) is 6.58 Å². The van der Waals surface area contributed by atoms with Crippen molar-refractivity contribution in [2.75, 3.05) is 20.1 Å². The smallest absolute Gasteiger partial charge is 0.246 e. The van der Waals surface area contributed by atoms with Gasteiger partial charge in [0.05, 0.1) is 11.8 Å². The number of likely N-dealkylation sites (tertiary alicyclic amines) is 2. The molecule has 0 saturated carbocycles. The van der Waals surface area contributed by atoms with E-state index in [1.807, 2.05) is 0 Å². The third kappa shape index (κ3) is 1.26. The van der Waals surface area contributed by atoms with Crippen LogP contribution in [-0.2, 0) is 14.4 Å². The minimum atomic E-state index is -0.341. The topological polar surface area (TPSA) is 57.7 Å². The van der Waals surface area contributed by atoms with E-state index >= 15 is 0 Å². The highest BCUT2D eigenvalue weighted by Gasteiger charge is 2.51. The van der Waals surface area contributed by atoms with Gasteiger partial charge in [0.15, 0.2) is 0 Å². The SMILES string of the molecule is C=CC(=O)N1C[C@@H]2C(=O)N(C)C(=O)[C@@H]2C1. The Morgan fingerprint density at radius 2 is 1.80 bits per heavy atom. The summed E-state index contributed by atoms with van der Waals surface area (Å²) in [5.74, 6) is -1.25. The second-order valence-electron chi connectivity index (χ2n) is 3.90. The van der Waals surface area contributed by atoms with Gasteiger partial charge in [-0.1, -0.05) is 6.58 Å². The van der Waals surface area contributed by atoms with Crippen molar-refractivity contribution in [1.29, 1.82) is 0 Å². The minimum absolute atomic E-state index is 0.177. The first kappa shape index (κ1) is 9.89. The van der Waals surface area contributed by atoms with E-state index in [1.54, 1.807) is 0 Å². The van der Waals surface area contributed by atoms with Gasteiger partial charge in [0.25, 0.3) is 0 Å². The number of fused-ring (bicyclic) bond motifs is 1. The molecule has 0 radical (unpaired) electrons. The maximum Gasteiger partial charge on any atom is 0.246 e. The molecule has 15 heavy (non-hydrogen) atoms. The van der Waals surface area contributed by atoms with Gasteiger partial charge in [-0.15, -0.1) is 0 Å². The van der Waals surface area contributed by atoms with E-state index in [-0.39, 0.29) is 29.6 Å². The van der Waals surface area contributed by atoms with Gasteiger partial charge in [-0.2, -0.15) is 0 Å². The molecule has 2 aliphatic heterocycles. The Balaban J connectivity index is 2.18. The Labute approximate surface area is 87.3 Å². The van der Waals surface area contributed by atoms with E-state index < -0.39 is 0 Å². The fourth-order valence-electron chi connectivity index (χ4n) is 2.22. The van der Waals surface area contributed by atoms with E-state index in [1.165, 1.54) is 18.0 Å². The molecule has 0 spiro atoms. The Morgan fingerprint density at radius 1 is 1.33 bits per heavy atom. The van der Waals surface area contributed by atoms with Crippen molar-refractivity contribution in [2.45, 2.75) is 0 Å². The van der Waals surface area contributed by atoms with Crippen LogP contribution in [0.2, 0.25) is 0 Å². The molecule has 2 aliphatic rings. The highest BCUT2D eigenvalue weighted by atomic mass is 16.2. The lowest BCUT2D eigenvalue weighted by Gasteiger charge is -2.16. The van der Waals surface area contributed by atoms with Crippen LogP contribution >= 0.6 is 0 Å². The van der Waals surface area contributed by atoms with Gasteiger partial charge in [-0.05, 0) is 6.08 Å². The van der Waals surface area contributed by atoms with E-state index in [9.17, 15) is 14.4 Å². The molecule has 80 valence electrons. The summed E-state index contributed by atoms with van der Waals surface area (Å²) in [6.07, 6.45) is 1.21. The number of imide groups is 1. The van der Waals surface area contributed by atoms with Crippen molar-refractivity contribution in [3.05, 3.63) is 12.7 Å². The lowest BCUT2D eigenvalue weighted by molar-refractivity contribution is -0.139. The molecule has 3 amide bonds. The average Bonchev–Trinajstić information content (AvgIpc) is 2.75. The van der Waals surface area contributed by atoms with Crippen molar-refractivity contribution >= 4 is 17.7 Å². The van der Waals surface area contributed by atoms with Crippen LogP contribution in [0.4, 0.5) is 0 Å². The molecule has 2 heterocycles. The minimum Gasteiger partial charge on any atom is -0.338 e. The summed E-state index contributed by atoms with van der Waals surface area (Å²) >= 11 is 0. The number of hydrogen-bond donors (Lipinski definition) is 0. The standard InChI is InChI=1S/C10H12N2O3/c1-3-8(13)12-4-6-7(5-12)10(15)11(2)9(6)14/h3,6-7H,1,4-5H2,2H3/t6-,7+. The summed E-state index contributed by atoms with van der Waals surface area (Å²) in [4.78, 5) is 37.2. The zero-order valence-corrected chi connectivity index (χ0v) is 8.47.